The maximum Gasteiger partial charge on any atom is 0.472 e. The predicted octanol–water partition coefficient (Wildman–Crippen LogP) is 21.2. The zero-order valence-electron chi connectivity index (χ0n) is 60.3. The number of esters is 4. The van der Waals surface area contributed by atoms with Gasteiger partial charge in [-0.2, -0.15) is 0 Å². The van der Waals surface area contributed by atoms with Crippen LogP contribution in [0.4, 0.5) is 0 Å². The number of carbonyl (C=O) groups is 4. The van der Waals surface area contributed by atoms with Gasteiger partial charge >= 0.3 is 39.5 Å². The summed E-state index contributed by atoms with van der Waals surface area (Å²) < 4.78 is 68.4. The zero-order chi connectivity index (χ0) is 70.4. The molecule has 0 radical (unpaired) electrons. The van der Waals surface area contributed by atoms with Crippen molar-refractivity contribution in [3.8, 4) is 0 Å². The first-order valence-corrected chi connectivity index (χ1v) is 40.5. The molecule has 17 nitrogen and oxygen atoms in total. The molecule has 0 spiro atoms. The van der Waals surface area contributed by atoms with Crippen LogP contribution in [0.25, 0.3) is 0 Å². The third-order valence-corrected chi connectivity index (χ3v) is 17.4. The Hall–Kier alpha value is -4.02. The molecule has 0 aliphatic rings. The Bertz CT molecular complexity index is 2200. The standard InChI is InChI=1S/C77H134O17P2/c1-5-9-13-17-21-25-29-33-34-35-36-40-42-46-50-54-58-62-75(80)88-68-73(94-77(82)64-60-56-52-48-44-39-32-28-24-20-16-12-8-4)70-92-96(85,86)90-66-71(78)65-89-95(83,84)91-69-72(93-76(81)63-59-55-51-47-43-38-31-27-23-19-15-11-7-3)67-87-74(79)61-57-53-49-45-41-37-30-26-22-18-14-10-6-2/h9,13,16,20-21,25-28,30-34,36,40,71-73,78H,5-8,10-12,14-15,17-19,22-24,29,35,37-39,41-70H2,1-4H3,(H,83,84)(H,85,86)/b13-9-,20-16-,25-21-,30-26-,31-27-,32-28-,34-33-,40-36-. The molecule has 0 amide bonds. The second-order valence-corrected chi connectivity index (χ2v) is 27.8. The third kappa shape index (κ3) is 68.5. The molecule has 3 N–H and O–H groups in total. The Morgan fingerprint density at radius 3 is 0.885 bits per heavy atom. The number of phosphoric ester groups is 2. The van der Waals surface area contributed by atoms with Crippen LogP contribution in [0.3, 0.4) is 0 Å². The summed E-state index contributed by atoms with van der Waals surface area (Å²) in [5, 5.41) is 10.6. The summed E-state index contributed by atoms with van der Waals surface area (Å²) in [5.74, 6) is -2.23. The van der Waals surface area contributed by atoms with E-state index in [4.69, 9.17) is 37.0 Å². The summed E-state index contributed by atoms with van der Waals surface area (Å²) in [7, 11) is -9.95. The average Bonchev–Trinajstić information content (AvgIpc) is 3.12. The minimum atomic E-state index is -4.98. The van der Waals surface area contributed by atoms with E-state index in [2.05, 4.69) is 125 Å². The van der Waals surface area contributed by atoms with Crippen molar-refractivity contribution in [2.24, 2.45) is 0 Å². The molecule has 0 aromatic heterocycles. The van der Waals surface area contributed by atoms with Crippen LogP contribution >= 0.6 is 15.6 Å². The first-order valence-electron chi connectivity index (χ1n) is 37.5. The molecule has 554 valence electrons. The summed E-state index contributed by atoms with van der Waals surface area (Å²) >= 11 is 0. The highest BCUT2D eigenvalue weighted by atomic mass is 31.2. The summed E-state index contributed by atoms with van der Waals surface area (Å²) in [6, 6.07) is 0. The molecule has 0 fully saturated rings. The Labute approximate surface area is 582 Å². The number of hydrogen-bond donors (Lipinski definition) is 3. The van der Waals surface area contributed by atoms with Gasteiger partial charge in [-0.3, -0.25) is 37.3 Å². The maximum atomic E-state index is 13.1. The van der Waals surface area contributed by atoms with E-state index in [0.717, 1.165) is 180 Å². The summed E-state index contributed by atoms with van der Waals surface area (Å²) in [4.78, 5) is 72.7. The van der Waals surface area contributed by atoms with Crippen LogP contribution in [0.15, 0.2) is 97.2 Å². The molecule has 0 aromatic rings. The van der Waals surface area contributed by atoms with Crippen LogP contribution in [-0.4, -0.2) is 96.7 Å². The minimum absolute atomic E-state index is 0.0723. The molecule has 0 saturated carbocycles. The second-order valence-electron chi connectivity index (χ2n) is 24.8. The summed E-state index contributed by atoms with van der Waals surface area (Å²) in [5.41, 5.74) is 0. The molecule has 0 rings (SSSR count). The highest BCUT2D eigenvalue weighted by Gasteiger charge is 2.30. The van der Waals surface area contributed by atoms with Crippen molar-refractivity contribution in [1.82, 2.24) is 0 Å². The Morgan fingerprint density at radius 2 is 0.562 bits per heavy atom. The van der Waals surface area contributed by atoms with E-state index < -0.39 is 97.5 Å². The van der Waals surface area contributed by atoms with Crippen molar-refractivity contribution in [1.29, 1.82) is 0 Å². The van der Waals surface area contributed by atoms with Crippen molar-refractivity contribution < 1.29 is 80.2 Å². The molecule has 0 saturated heterocycles. The van der Waals surface area contributed by atoms with Gasteiger partial charge in [0.15, 0.2) is 12.2 Å². The molecular formula is C77H134O17P2. The topological polar surface area (TPSA) is 237 Å². The molecule has 96 heavy (non-hydrogen) atoms. The number of unbranched alkanes of at least 4 members (excludes halogenated alkanes) is 28. The van der Waals surface area contributed by atoms with Gasteiger partial charge in [0.2, 0.25) is 0 Å². The maximum absolute atomic E-state index is 13.1. The van der Waals surface area contributed by atoms with E-state index in [1.165, 1.54) is 51.4 Å². The first-order chi connectivity index (χ1) is 46.7. The number of rotatable bonds is 70. The van der Waals surface area contributed by atoms with Crippen LogP contribution in [0.1, 0.15) is 310 Å². The molecule has 0 heterocycles. The molecule has 5 unspecified atom stereocenters. The highest BCUT2D eigenvalue weighted by molar-refractivity contribution is 7.47. The van der Waals surface area contributed by atoms with Crippen molar-refractivity contribution >= 4 is 39.5 Å². The van der Waals surface area contributed by atoms with Crippen molar-refractivity contribution in [2.45, 2.75) is 329 Å². The Kier molecular flexibility index (Phi) is 66.6. The van der Waals surface area contributed by atoms with Crippen LogP contribution in [0.2, 0.25) is 0 Å². The predicted molar refractivity (Wildman–Crippen MR) is 390 cm³/mol. The fourth-order valence-electron chi connectivity index (χ4n) is 9.77. The average molecular weight is 1390 g/mol. The Balaban J connectivity index is 5.36. The third-order valence-electron chi connectivity index (χ3n) is 15.5. The first kappa shape index (κ1) is 92.0. The van der Waals surface area contributed by atoms with Gasteiger partial charge in [0.1, 0.15) is 19.3 Å². The number of carbonyl (C=O) groups excluding carboxylic acids is 4. The number of aliphatic hydroxyl groups is 1. The lowest BCUT2D eigenvalue weighted by Gasteiger charge is -2.21. The van der Waals surface area contributed by atoms with Gasteiger partial charge in [0, 0.05) is 25.7 Å². The lowest BCUT2D eigenvalue weighted by molar-refractivity contribution is -0.161. The van der Waals surface area contributed by atoms with Gasteiger partial charge in [0.05, 0.1) is 26.4 Å². The number of ether oxygens (including phenoxy) is 4. The van der Waals surface area contributed by atoms with Crippen LogP contribution in [0, 0.1) is 0 Å². The fraction of sp³-hybridized carbons (Fsp3) is 0.740. The van der Waals surface area contributed by atoms with Crippen LogP contribution in [-0.2, 0) is 65.4 Å². The normalized spacial score (nSPS) is 14.5. The van der Waals surface area contributed by atoms with Crippen LogP contribution in [0.5, 0.6) is 0 Å². The smallest absolute Gasteiger partial charge is 0.462 e. The number of hydrogen-bond acceptors (Lipinski definition) is 15. The summed E-state index contributed by atoms with van der Waals surface area (Å²) in [6.07, 6.45) is 71.1. The number of allylic oxidation sites excluding steroid dienone is 16. The van der Waals surface area contributed by atoms with E-state index in [9.17, 15) is 43.2 Å². The number of aliphatic hydroxyl groups excluding tert-OH is 1. The Morgan fingerprint density at radius 1 is 0.302 bits per heavy atom. The zero-order valence-corrected chi connectivity index (χ0v) is 62.1. The SMILES string of the molecule is CC/C=C\C/C=C\C/C=C\C/C=C\CCCCCCC(=O)OCC(COP(=O)(O)OCC(O)COP(=O)(O)OCC(COC(=O)CCCCCCC/C=C\CCCCCC)OC(=O)CCCCCCC/C=C\CCCCCC)OC(=O)CCCCCCC/C=C\C/C=C\CCC. The lowest BCUT2D eigenvalue weighted by atomic mass is 10.1. The molecule has 5 atom stereocenters. The quantitative estimate of drug-likeness (QED) is 0.0169. The van der Waals surface area contributed by atoms with Gasteiger partial charge < -0.3 is 33.8 Å². The van der Waals surface area contributed by atoms with E-state index in [0.29, 0.717) is 25.7 Å². The van der Waals surface area contributed by atoms with Gasteiger partial charge in [-0.25, -0.2) is 9.13 Å². The highest BCUT2D eigenvalue weighted by Crippen LogP contribution is 2.45. The van der Waals surface area contributed by atoms with Gasteiger partial charge in [-0.1, -0.05) is 240 Å². The molecule has 0 bridgehead atoms. The van der Waals surface area contributed by atoms with Gasteiger partial charge in [0.25, 0.3) is 0 Å². The van der Waals surface area contributed by atoms with E-state index in [-0.39, 0.29) is 25.7 Å². The minimum Gasteiger partial charge on any atom is -0.462 e. The molecule has 0 aromatic carbocycles. The monoisotopic (exact) mass is 1390 g/mol. The lowest BCUT2D eigenvalue weighted by Crippen LogP contribution is -2.30. The van der Waals surface area contributed by atoms with E-state index in [1.54, 1.807) is 0 Å². The van der Waals surface area contributed by atoms with E-state index >= 15 is 0 Å². The van der Waals surface area contributed by atoms with Crippen molar-refractivity contribution in [3.63, 3.8) is 0 Å². The summed E-state index contributed by atoms with van der Waals surface area (Å²) in [6.45, 7) is 4.61. The van der Waals surface area contributed by atoms with Crippen molar-refractivity contribution in [2.75, 3.05) is 39.6 Å². The molecular weight excluding hydrogens is 1260 g/mol. The fourth-order valence-corrected chi connectivity index (χ4v) is 11.3. The number of phosphoric acid groups is 2. The molecule has 19 heteroatoms. The largest absolute Gasteiger partial charge is 0.472 e. The van der Waals surface area contributed by atoms with E-state index in [1.807, 2.05) is 0 Å². The second kappa shape index (κ2) is 69.5. The van der Waals surface area contributed by atoms with Crippen molar-refractivity contribution in [3.05, 3.63) is 97.2 Å². The van der Waals surface area contributed by atoms with Crippen LogP contribution < -0.4 is 0 Å². The van der Waals surface area contributed by atoms with Gasteiger partial charge in [-0.05, 0) is 141 Å². The molecule has 0 aliphatic carbocycles. The molecule has 0 aliphatic heterocycles. The van der Waals surface area contributed by atoms with Gasteiger partial charge in [-0.15, -0.1) is 0 Å².